The van der Waals surface area contributed by atoms with Gasteiger partial charge in [0.1, 0.15) is 0 Å². The average Bonchev–Trinajstić information content (AvgIpc) is 2.49. The minimum atomic E-state index is 0. The fourth-order valence-corrected chi connectivity index (χ4v) is 2.50. The van der Waals surface area contributed by atoms with Crippen LogP contribution in [0.15, 0.2) is 40.2 Å². The van der Waals surface area contributed by atoms with Gasteiger partial charge in [0.25, 0.3) is 0 Å². The van der Waals surface area contributed by atoms with Crippen LogP contribution < -0.4 is 10.6 Å². The van der Waals surface area contributed by atoms with E-state index in [-0.39, 0.29) is 24.0 Å². The topological polar surface area (TPSA) is 36.4 Å². The van der Waals surface area contributed by atoms with Gasteiger partial charge in [-0.05, 0) is 25.3 Å². The summed E-state index contributed by atoms with van der Waals surface area (Å²) < 4.78 is 0. The molecule has 1 aromatic rings. The van der Waals surface area contributed by atoms with E-state index in [1.165, 1.54) is 4.90 Å². The highest BCUT2D eigenvalue weighted by Crippen LogP contribution is 2.15. The van der Waals surface area contributed by atoms with Gasteiger partial charge < -0.3 is 10.6 Å². The Labute approximate surface area is 154 Å². The van der Waals surface area contributed by atoms with E-state index < -0.39 is 0 Å². The van der Waals surface area contributed by atoms with Gasteiger partial charge in [0.2, 0.25) is 0 Å². The smallest absolute Gasteiger partial charge is 0.191 e. The van der Waals surface area contributed by atoms with Gasteiger partial charge in [0.05, 0.1) is 6.54 Å². The molecule has 0 fully saturated rings. The van der Waals surface area contributed by atoms with Crippen molar-refractivity contribution in [2.75, 3.05) is 31.6 Å². The van der Waals surface area contributed by atoms with Crippen molar-refractivity contribution in [3.8, 4) is 0 Å². The summed E-state index contributed by atoms with van der Waals surface area (Å²) in [5.74, 6) is 1.95. The molecule has 21 heavy (non-hydrogen) atoms. The number of hydrogen-bond acceptors (Lipinski definition) is 3. The van der Waals surface area contributed by atoms with Crippen molar-refractivity contribution in [3.05, 3.63) is 30.3 Å². The zero-order chi connectivity index (χ0) is 14.6. The summed E-state index contributed by atoms with van der Waals surface area (Å²) in [5, 5.41) is 7.22. The van der Waals surface area contributed by atoms with Gasteiger partial charge >= 0.3 is 0 Å². The monoisotopic (exact) mass is 439 g/mol. The molecule has 0 spiro atoms. The number of rotatable bonds is 8. The van der Waals surface area contributed by atoms with Crippen LogP contribution in [0.4, 0.5) is 0 Å². The SMILES string of the molecule is CCNC(=NCC(C)SC)NCCSc1ccccc1.I. The first-order chi connectivity index (χ1) is 9.76. The summed E-state index contributed by atoms with van der Waals surface area (Å²) in [6.07, 6.45) is 2.12. The van der Waals surface area contributed by atoms with Crippen LogP contribution in [-0.2, 0) is 0 Å². The highest BCUT2D eigenvalue weighted by molar-refractivity contribution is 14.0. The number of nitrogens with one attached hydrogen (secondary N) is 2. The molecule has 0 heterocycles. The molecule has 0 aliphatic carbocycles. The summed E-state index contributed by atoms with van der Waals surface area (Å²) in [4.78, 5) is 5.91. The Balaban J connectivity index is 0.00000400. The zero-order valence-corrected chi connectivity index (χ0v) is 16.9. The summed E-state index contributed by atoms with van der Waals surface area (Å²) in [6.45, 7) is 6.95. The highest BCUT2D eigenvalue weighted by atomic mass is 127. The van der Waals surface area contributed by atoms with Gasteiger partial charge in [0, 0.05) is 29.0 Å². The summed E-state index contributed by atoms with van der Waals surface area (Å²) >= 11 is 3.70. The van der Waals surface area contributed by atoms with Crippen LogP contribution in [0.1, 0.15) is 13.8 Å². The second kappa shape index (κ2) is 13.6. The molecule has 0 amide bonds. The zero-order valence-electron chi connectivity index (χ0n) is 13.0. The Morgan fingerprint density at radius 2 is 1.95 bits per heavy atom. The van der Waals surface area contributed by atoms with Gasteiger partial charge in [0.15, 0.2) is 5.96 Å². The third-order valence-corrected chi connectivity index (χ3v) is 4.63. The van der Waals surface area contributed by atoms with Crippen LogP contribution in [0.25, 0.3) is 0 Å². The van der Waals surface area contributed by atoms with Crippen LogP contribution >= 0.6 is 47.5 Å². The molecule has 3 nitrogen and oxygen atoms in total. The number of thioether (sulfide) groups is 2. The van der Waals surface area contributed by atoms with Crippen LogP contribution in [0.3, 0.4) is 0 Å². The number of hydrogen-bond donors (Lipinski definition) is 2. The maximum Gasteiger partial charge on any atom is 0.191 e. The van der Waals surface area contributed by atoms with E-state index >= 15 is 0 Å². The van der Waals surface area contributed by atoms with Crippen molar-refractivity contribution in [1.82, 2.24) is 10.6 Å². The van der Waals surface area contributed by atoms with E-state index in [1.807, 2.05) is 29.6 Å². The molecule has 0 aliphatic rings. The normalized spacial score (nSPS) is 12.4. The van der Waals surface area contributed by atoms with Crippen molar-refractivity contribution >= 4 is 53.5 Å². The first-order valence-corrected chi connectivity index (χ1v) is 9.26. The lowest BCUT2D eigenvalue weighted by molar-refractivity contribution is 0.834. The van der Waals surface area contributed by atoms with E-state index in [0.29, 0.717) is 5.25 Å². The Hall–Kier alpha value is -0.0800. The molecule has 1 atom stereocenters. The minimum Gasteiger partial charge on any atom is -0.357 e. The number of halogens is 1. The molecular weight excluding hydrogens is 413 g/mol. The Bertz CT molecular complexity index is 388. The Kier molecular flexibility index (Phi) is 13.5. The highest BCUT2D eigenvalue weighted by Gasteiger charge is 2.00. The third-order valence-electron chi connectivity index (χ3n) is 2.66. The quantitative estimate of drug-likeness (QED) is 0.213. The van der Waals surface area contributed by atoms with Crippen molar-refractivity contribution in [2.45, 2.75) is 24.0 Å². The van der Waals surface area contributed by atoms with E-state index in [9.17, 15) is 0 Å². The van der Waals surface area contributed by atoms with Gasteiger partial charge in [-0.25, -0.2) is 0 Å². The third kappa shape index (κ3) is 10.3. The summed E-state index contributed by atoms with van der Waals surface area (Å²) in [6, 6.07) is 10.5. The molecule has 1 unspecified atom stereocenters. The Morgan fingerprint density at radius 3 is 2.57 bits per heavy atom. The number of guanidine groups is 1. The number of benzene rings is 1. The van der Waals surface area contributed by atoms with Crippen LogP contribution in [-0.4, -0.2) is 42.9 Å². The van der Waals surface area contributed by atoms with E-state index in [2.05, 4.69) is 60.0 Å². The first kappa shape index (κ1) is 20.9. The molecule has 120 valence electrons. The largest absolute Gasteiger partial charge is 0.357 e. The molecular formula is C15H26IN3S2. The first-order valence-electron chi connectivity index (χ1n) is 6.99. The summed E-state index contributed by atoms with van der Waals surface area (Å²) in [7, 11) is 0. The fourth-order valence-electron chi connectivity index (χ4n) is 1.49. The van der Waals surface area contributed by atoms with Crippen LogP contribution in [0, 0.1) is 0 Å². The molecule has 0 aliphatic heterocycles. The van der Waals surface area contributed by atoms with Crippen LogP contribution in [0.2, 0.25) is 0 Å². The van der Waals surface area contributed by atoms with Crippen molar-refractivity contribution in [1.29, 1.82) is 0 Å². The number of aliphatic imine (C=N–C) groups is 1. The Morgan fingerprint density at radius 1 is 1.24 bits per heavy atom. The minimum absolute atomic E-state index is 0. The number of nitrogens with zero attached hydrogens (tertiary/aromatic N) is 1. The molecule has 1 aromatic carbocycles. The van der Waals surface area contributed by atoms with E-state index in [1.54, 1.807) is 0 Å². The molecule has 2 N–H and O–H groups in total. The van der Waals surface area contributed by atoms with E-state index in [0.717, 1.165) is 31.3 Å². The second-order valence-electron chi connectivity index (χ2n) is 4.35. The van der Waals surface area contributed by atoms with Gasteiger partial charge in [-0.2, -0.15) is 11.8 Å². The molecule has 0 aromatic heterocycles. The average molecular weight is 439 g/mol. The molecule has 0 radical (unpaired) electrons. The maximum atomic E-state index is 4.59. The second-order valence-corrected chi connectivity index (χ2v) is 6.80. The molecule has 6 heteroatoms. The predicted molar refractivity (Wildman–Crippen MR) is 110 cm³/mol. The van der Waals surface area contributed by atoms with Crippen LogP contribution in [0.5, 0.6) is 0 Å². The van der Waals surface area contributed by atoms with Crippen molar-refractivity contribution in [2.24, 2.45) is 4.99 Å². The molecule has 0 saturated heterocycles. The maximum absolute atomic E-state index is 4.59. The molecule has 0 saturated carbocycles. The lowest BCUT2D eigenvalue weighted by Gasteiger charge is -2.12. The fraction of sp³-hybridized carbons (Fsp3) is 0.533. The van der Waals surface area contributed by atoms with Gasteiger partial charge in [-0.1, -0.05) is 25.1 Å². The summed E-state index contributed by atoms with van der Waals surface area (Å²) in [5.41, 5.74) is 0. The van der Waals surface area contributed by atoms with Gasteiger partial charge in [-0.3, -0.25) is 4.99 Å². The molecule has 1 rings (SSSR count). The predicted octanol–water partition coefficient (Wildman–Crippen LogP) is 3.70. The van der Waals surface area contributed by atoms with Gasteiger partial charge in [-0.15, -0.1) is 35.7 Å². The standard InChI is InChI=1S/C15H25N3S2.HI/c1-4-16-15(18-12-13(2)19-3)17-10-11-20-14-8-6-5-7-9-14;/h5-9,13H,4,10-12H2,1-3H3,(H2,16,17,18);1H. The van der Waals surface area contributed by atoms with Crippen molar-refractivity contribution < 1.29 is 0 Å². The lowest BCUT2D eigenvalue weighted by Crippen LogP contribution is -2.38. The van der Waals surface area contributed by atoms with E-state index in [4.69, 9.17) is 0 Å². The molecule has 0 bridgehead atoms. The van der Waals surface area contributed by atoms with Crippen molar-refractivity contribution in [3.63, 3.8) is 0 Å². The lowest BCUT2D eigenvalue weighted by atomic mass is 10.4.